The number of nitrogens with zero attached hydrogens (tertiary/aromatic N) is 3. The van der Waals surface area contributed by atoms with Gasteiger partial charge in [-0.3, -0.25) is 14.5 Å². The van der Waals surface area contributed by atoms with Crippen molar-refractivity contribution in [1.29, 1.82) is 0 Å². The molecule has 0 spiro atoms. The maximum absolute atomic E-state index is 13.7. The Morgan fingerprint density at radius 2 is 1.95 bits per heavy atom. The van der Waals surface area contributed by atoms with Gasteiger partial charge in [-0.1, -0.05) is 18.2 Å². The molecule has 0 bridgehead atoms. The van der Waals surface area contributed by atoms with E-state index in [-0.39, 0.29) is 29.9 Å². The molecule has 1 aliphatic heterocycles. The van der Waals surface area contributed by atoms with Crippen molar-refractivity contribution in [3.05, 3.63) is 75.8 Å². The van der Waals surface area contributed by atoms with E-state index in [1.54, 1.807) is 0 Å². The van der Waals surface area contributed by atoms with Crippen LogP contribution in [0.1, 0.15) is 53.8 Å². The molecule has 10 heteroatoms. The van der Waals surface area contributed by atoms with E-state index in [2.05, 4.69) is 21.3 Å². The van der Waals surface area contributed by atoms with Gasteiger partial charge >= 0.3 is 0 Å². The van der Waals surface area contributed by atoms with Gasteiger partial charge in [-0.15, -0.1) is 11.3 Å². The number of ether oxygens (including phenoxy) is 1. The molecule has 0 saturated carbocycles. The van der Waals surface area contributed by atoms with Crippen LogP contribution in [0.25, 0.3) is 0 Å². The molecule has 1 aliphatic carbocycles. The number of nitrogens with one attached hydrogen (secondary N) is 1. The second-order valence-corrected chi connectivity index (χ2v) is 11.5. The van der Waals surface area contributed by atoms with Gasteiger partial charge in [0, 0.05) is 49.2 Å². The lowest BCUT2D eigenvalue weighted by molar-refractivity contribution is -0.133. The third-order valence-electron chi connectivity index (χ3n) is 7.59. The molecule has 1 aromatic heterocycles. The SMILES string of the molecule is CCOc1ccccc1CN1CCC(N(C)C(=O)C2CCCc3sc(NC(=O)Cc4cc(F)cc(F)c4)nc32)C1. The first-order chi connectivity index (χ1) is 19.3. The van der Waals surface area contributed by atoms with E-state index in [0.29, 0.717) is 18.2 Å². The minimum atomic E-state index is -0.723. The number of anilines is 1. The summed E-state index contributed by atoms with van der Waals surface area (Å²) in [6, 6.07) is 11.3. The molecule has 1 saturated heterocycles. The summed E-state index contributed by atoms with van der Waals surface area (Å²) in [5.74, 6) is -1.24. The zero-order valence-electron chi connectivity index (χ0n) is 22.8. The van der Waals surface area contributed by atoms with Crippen LogP contribution in [0, 0.1) is 11.6 Å². The van der Waals surface area contributed by atoms with Gasteiger partial charge in [-0.25, -0.2) is 13.8 Å². The number of hydrogen-bond acceptors (Lipinski definition) is 6. The number of rotatable bonds is 9. The molecule has 2 amide bonds. The van der Waals surface area contributed by atoms with Crippen LogP contribution in [0.15, 0.2) is 42.5 Å². The van der Waals surface area contributed by atoms with Gasteiger partial charge in [0.2, 0.25) is 11.8 Å². The molecule has 40 heavy (non-hydrogen) atoms. The number of carbonyl (C=O) groups is 2. The third kappa shape index (κ3) is 6.50. The zero-order chi connectivity index (χ0) is 28.2. The van der Waals surface area contributed by atoms with Crippen LogP contribution in [-0.4, -0.2) is 59.4 Å². The molecule has 3 aromatic rings. The number of amides is 2. The van der Waals surface area contributed by atoms with E-state index in [1.807, 2.05) is 37.1 Å². The number of fused-ring (bicyclic) bond motifs is 1. The minimum Gasteiger partial charge on any atom is -0.494 e. The Kier molecular flexibility index (Phi) is 8.75. The van der Waals surface area contributed by atoms with Gasteiger partial charge < -0.3 is 15.0 Å². The molecule has 2 unspecified atom stereocenters. The summed E-state index contributed by atoms with van der Waals surface area (Å²) in [5, 5.41) is 3.17. The fourth-order valence-corrected chi connectivity index (χ4v) is 6.72. The Morgan fingerprint density at radius 3 is 2.73 bits per heavy atom. The molecule has 1 fully saturated rings. The Morgan fingerprint density at radius 1 is 1.18 bits per heavy atom. The number of aromatic nitrogens is 1. The molecule has 0 radical (unpaired) electrons. The summed E-state index contributed by atoms with van der Waals surface area (Å²) >= 11 is 1.37. The summed E-state index contributed by atoms with van der Waals surface area (Å²) < 4.78 is 32.8. The molecule has 5 rings (SSSR count). The molecule has 2 atom stereocenters. The first-order valence-corrected chi connectivity index (χ1v) is 14.6. The summed E-state index contributed by atoms with van der Waals surface area (Å²) in [4.78, 5) is 36.1. The maximum atomic E-state index is 13.7. The molecule has 212 valence electrons. The Hall–Kier alpha value is -3.37. The Balaban J connectivity index is 1.21. The van der Waals surface area contributed by atoms with Crippen molar-refractivity contribution in [3.63, 3.8) is 0 Å². The fourth-order valence-electron chi connectivity index (χ4n) is 5.64. The highest BCUT2D eigenvalue weighted by atomic mass is 32.1. The van der Waals surface area contributed by atoms with E-state index in [1.165, 1.54) is 11.3 Å². The first-order valence-electron chi connectivity index (χ1n) is 13.7. The lowest BCUT2D eigenvalue weighted by atomic mass is 9.89. The predicted octanol–water partition coefficient (Wildman–Crippen LogP) is 5.15. The van der Waals surface area contributed by atoms with Gasteiger partial charge in [-0.2, -0.15) is 0 Å². The lowest BCUT2D eigenvalue weighted by Crippen LogP contribution is -2.42. The average molecular weight is 569 g/mol. The number of para-hydroxylation sites is 1. The van der Waals surface area contributed by atoms with Gasteiger partial charge in [-0.05, 0) is 56.4 Å². The summed E-state index contributed by atoms with van der Waals surface area (Å²) in [6.07, 6.45) is 3.13. The van der Waals surface area contributed by atoms with Gasteiger partial charge in [0.25, 0.3) is 0 Å². The van der Waals surface area contributed by atoms with E-state index >= 15 is 0 Å². The van der Waals surface area contributed by atoms with E-state index in [9.17, 15) is 18.4 Å². The van der Waals surface area contributed by atoms with Crippen LogP contribution in [0.5, 0.6) is 5.75 Å². The summed E-state index contributed by atoms with van der Waals surface area (Å²) in [7, 11) is 1.88. The van der Waals surface area contributed by atoms with Crippen LogP contribution in [0.3, 0.4) is 0 Å². The van der Waals surface area contributed by atoms with Crippen molar-refractivity contribution < 1.29 is 23.1 Å². The van der Waals surface area contributed by atoms with E-state index in [4.69, 9.17) is 4.74 Å². The number of thiazole rings is 1. The molecule has 2 heterocycles. The quantitative estimate of drug-likeness (QED) is 0.386. The van der Waals surface area contributed by atoms with Crippen molar-refractivity contribution in [2.24, 2.45) is 0 Å². The zero-order valence-corrected chi connectivity index (χ0v) is 23.6. The van der Waals surface area contributed by atoms with Gasteiger partial charge in [0.1, 0.15) is 17.4 Å². The highest BCUT2D eigenvalue weighted by Gasteiger charge is 2.36. The standard InChI is InChI=1S/C30H34F2N4O3S/c1-3-39-25-9-5-4-7-20(25)17-36-12-11-23(18-36)35(2)29(38)24-8-6-10-26-28(24)34-30(40-26)33-27(37)15-19-13-21(31)16-22(32)14-19/h4-5,7,9,13-14,16,23-24H,3,6,8,10-12,15,17-18H2,1-2H3,(H,33,34,37). The first kappa shape index (κ1) is 28.2. The number of carbonyl (C=O) groups excluding carboxylic acids is 2. The largest absolute Gasteiger partial charge is 0.494 e. The molecular weight excluding hydrogens is 534 g/mol. The van der Waals surface area contributed by atoms with Crippen LogP contribution < -0.4 is 10.1 Å². The second-order valence-electron chi connectivity index (χ2n) is 10.4. The summed E-state index contributed by atoms with van der Waals surface area (Å²) in [6.45, 7) is 5.07. The third-order valence-corrected chi connectivity index (χ3v) is 8.64. The number of aryl methyl sites for hydroxylation is 1. The van der Waals surface area contributed by atoms with Crippen LogP contribution in [0.2, 0.25) is 0 Å². The monoisotopic (exact) mass is 568 g/mol. The molecule has 2 aliphatic rings. The van der Waals surface area contributed by atoms with E-state index in [0.717, 1.165) is 79.0 Å². The predicted molar refractivity (Wildman–Crippen MR) is 151 cm³/mol. The van der Waals surface area contributed by atoms with Crippen molar-refractivity contribution in [1.82, 2.24) is 14.8 Å². The van der Waals surface area contributed by atoms with E-state index < -0.39 is 17.5 Å². The normalized spacial score (nSPS) is 18.8. The smallest absolute Gasteiger partial charge is 0.231 e. The highest BCUT2D eigenvalue weighted by molar-refractivity contribution is 7.15. The number of hydrogen-bond donors (Lipinski definition) is 1. The second kappa shape index (κ2) is 12.4. The van der Waals surface area contributed by atoms with Crippen molar-refractivity contribution in [3.8, 4) is 5.75 Å². The van der Waals surface area contributed by atoms with Crippen LogP contribution in [0.4, 0.5) is 13.9 Å². The number of likely N-dealkylation sites (N-methyl/N-ethyl adjacent to an activating group) is 1. The molecular formula is C30H34F2N4O3S. The van der Waals surface area contributed by atoms with Crippen LogP contribution >= 0.6 is 11.3 Å². The number of likely N-dealkylation sites (tertiary alicyclic amines) is 1. The molecule has 2 aromatic carbocycles. The molecule has 7 nitrogen and oxygen atoms in total. The average Bonchev–Trinajstić information content (AvgIpc) is 3.55. The number of benzene rings is 2. The van der Waals surface area contributed by atoms with Crippen molar-refractivity contribution in [2.75, 3.05) is 32.1 Å². The van der Waals surface area contributed by atoms with Crippen molar-refractivity contribution >= 4 is 28.3 Å². The Labute approximate surface area is 237 Å². The summed E-state index contributed by atoms with van der Waals surface area (Å²) in [5.41, 5.74) is 2.13. The molecule has 1 N–H and O–H groups in total. The fraction of sp³-hybridized carbons (Fsp3) is 0.433. The van der Waals surface area contributed by atoms with Gasteiger partial charge in [0.05, 0.1) is 24.6 Å². The number of halogens is 2. The highest BCUT2D eigenvalue weighted by Crippen LogP contribution is 2.38. The van der Waals surface area contributed by atoms with Crippen LogP contribution in [-0.2, 0) is 29.0 Å². The topological polar surface area (TPSA) is 74.8 Å². The van der Waals surface area contributed by atoms with Crippen molar-refractivity contribution in [2.45, 2.75) is 57.5 Å². The maximum Gasteiger partial charge on any atom is 0.231 e. The van der Waals surface area contributed by atoms with Gasteiger partial charge in [0.15, 0.2) is 5.13 Å². The Bertz CT molecular complexity index is 1360. The lowest BCUT2D eigenvalue weighted by Gasteiger charge is -2.30. The minimum absolute atomic E-state index is 0.0564.